The van der Waals surface area contributed by atoms with Gasteiger partial charge in [0.1, 0.15) is 54.3 Å². The molecule has 5 aromatic heterocycles. The van der Waals surface area contributed by atoms with Crippen LogP contribution in [-0.4, -0.2) is 274 Å². The van der Waals surface area contributed by atoms with Gasteiger partial charge in [-0.1, -0.05) is 13.5 Å². The monoisotopic (exact) mass is 2220 g/mol. The van der Waals surface area contributed by atoms with E-state index in [1.165, 1.54) is 44.0 Å². The van der Waals surface area contributed by atoms with Crippen molar-refractivity contribution in [1.29, 1.82) is 5.41 Å². The van der Waals surface area contributed by atoms with Crippen LogP contribution in [0.25, 0.3) is 54.5 Å². The van der Waals surface area contributed by atoms with Crippen LogP contribution in [0.2, 0.25) is 0 Å². The number of aryl methyl sites for hydroxylation is 11. The average molecular weight is 2220 g/mol. The number of nitrogens with zero attached hydrogens (tertiary/aromatic N) is 19. The van der Waals surface area contributed by atoms with E-state index in [1.54, 1.807) is 64.5 Å². The van der Waals surface area contributed by atoms with Crippen LogP contribution >= 0.6 is 20.0 Å². The van der Waals surface area contributed by atoms with E-state index in [2.05, 4.69) is 171 Å². The van der Waals surface area contributed by atoms with E-state index in [-0.39, 0.29) is 56.8 Å². The molecule has 0 amide bonds. The van der Waals surface area contributed by atoms with Gasteiger partial charge in [0, 0.05) is 174 Å². The smallest absolute Gasteiger partial charge is 0.451 e. The quantitative estimate of drug-likeness (QED) is 0.0175. The molecule has 816 valence electrons. The normalized spacial score (nSPS) is 19.1. The van der Waals surface area contributed by atoms with Gasteiger partial charge in [0.25, 0.3) is 20.4 Å². The van der Waals surface area contributed by atoms with Crippen LogP contribution in [0.5, 0.6) is 5.75 Å². The third-order valence-corrected chi connectivity index (χ3v) is 34.0. The lowest BCUT2D eigenvalue weighted by Gasteiger charge is -2.24. The molecular weight excluding hydrogens is 2080 g/mol. The van der Waals surface area contributed by atoms with E-state index in [9.17, 15) is 51.4 Å². The van der Waals surface area contributed by atoms with Crippen LogP contribution in [0.15, 0.2) is 110 Å². The van der Waals surface area contributed by atoms with Gasteiger partial charge < -0.3 is 39.9 Å². The molecule has 6 aromatic carbocycles. The highest BCUT2D eigenvalue weighted by atomic mass is 35.5. The molecule has 5 fully saturated rings. The minimum absolute atomic E-state index is 0. The molecule has 0 spiro atoms. The third kappa shape index (κ3) is 32.8. The Morgan fingerprint density at radius 1 is 0.430 bits per heavy atom. The van der Waals surface area contributed by atoms with Crippen molar-refractivity contribution in [1.82, 2.24) is 76.1 Å². The van der Waals surface area contributed by atoms with Crippen LogP contribution in [0, 0.1) is 81.6 Å². The number of fused-ring (bicyclic) bond motifs is 5. The first-order chi connectivity index (χ1) is 68.8. The summed E-state index contributed by atoms with van der Waals surface area (Å²) >= 11 is 0. The Hall–Kier alpha value is -10.0. The first kappa shape index (κ1) is 121. The summed E-state index contributed by atoms with van der Waals surface area (Å²) in [7, 11) is -22.5. The van der Waals surface area contributed by atoms with Gasteiger partial charge in [-0.05, 0) is 304 Å². The van der Waals surface area contributed by atoms with Gasteiger partial charge in [0.05, 0.1) is 78.6 Å². The van der Waals surface area contributed by atoms with Gasteiger partial charge in [0.2, 0.25) is 5.82 Å². The number of nitrogens with two attached hydrogens (primary N) is 7. The van der Waals surface area contributed by atoms with Crippen molar-refractivity contribution in [3.05, 3.63) is 188 Å². The highest BCUT2D eigenvalue weighted by molar-refractivity contribution is 7.97. The van der Waals surface area contributed by atoms with Crippen LogP contribution in [0.3, 0.4) is 0 Å². The third-order valence-electron chi connectivity index (χ3n) is 27.0. The molecule has 6 unspecified atom stereocenters. The second-order valence-corrected chi connectivity index (χ2v) is 50.2. The summed E-state index contributed by atoms with van der Waals surface area (Å²) in [5.41, 5.74) is 25.7. The summed E-state index contributed by atoms with van der Waals surface area (Å²) in [6.45, 7) is 31.7. The van der Waals surface area contributed by atoms with E-state index in [4.69, 9.17) is 56.5 Å². The standard InChI is InChI=1S/C17H25N5OS.C17H24N4OS.C16H20F3N5O2S.C16H24N5O5PS.C16H24N4OS.C15H21N5O2S.CH4.ClH/c1-12-9-15-16(10-13(12)2)19-11-20-17(15)22-7-4-5-14(6-8-22)21-24(3,18)23;1-12-9-15-16(10-13(12)2)19-11-20-17(15)14-5-4-7-21(8-6-14)23(3,18)22;1-10-8-12-13(9-11(10)2)21-15(16(17,18)19)22-14(12)23-4-3-5-24(7-6-23)27(20,25)26;1-12-8-13-14(9-15(12)26-11-27(22,23)24)18-10-19-16(13)20-4-3-5-21(7-6-20)28(2,17)25;1-11-9-14(15(17)10-12(11)2)16(18)13-5-4-7-20(8-6-13)22(3,19)21;1-11-8-13-14(9-12(11)2)17-10-18-15(13)19-4-3-5-20(7-6-19)23(16,21)22;;/h9-11,14H,3-8H2,1-2H3,(H3,18,21,23);9-11,14H,3-8H2,1-2H3,(H2,18,22);8-9H,3-7H2,1-2H3,(H2,20,25,26);8-10H,2-7,11H2,1H3,(H2,17,25)(H2,22,23,24);6,9-10,18H,3-5,7-8,17H2,1-2H3,(H2,19,21);8-10H,3-7H2,1-2H3,(H2,16,21,22);1H4;1H. The molecule has 11 aromatic rings. The fourth-order valence-electron chi connectivity index (χ4n) is 18.3. The number of allylic oxidation sites excluding steroid dienone is 1. The van der Waals surface area contributed by atoms with Crippen molar-refractivity contribution in [2.75, 3.05) is 149 Å². The molecule has 6 aliphatic rings. The van der Waals surface area contributed by atoms with E-state index in [0.29, 0.717) is 119 Å². The maximum Gasteiger partial charge on any atom is 0.451 e. The highest BCUT2D eigenvalue weighted by Gasteiger charge is 2.38. The largest absolute Gasteiger partial charge is 0.481 e. The summed E-state index contributed by atoms with van der Waals surface area (Å²) in [5.74, 6) is 16.4. The number of rotatable bonds is 17. The zero-order chi connectivity index (χ0) is 108. The van der Waals surface area contributed by atoms with Crippen molar-refractivity contribution < 1.29 is 65.9 Å². The molecule has 18 N–H and O–H groups in total. The summed E-state index contributed by atoms with van der Waals surface area (Å²) in [5, 5.41) is 46.0. The molecule has 149 heavy (non-hydrogen) atoms. The SMILES string of the molecule is C.C=S(N)(=O)N1CC=C(C(=N)c2cc(C)c(C)cc2N)CCC1.C=S(N)(=O)N1CCCC(c2ncnc3cc(C)c(C)cc23)CC1.C=S(N)(=O)N1CCCN(c2ncnc3cc(OCP(=O)(O)O)c(C)cc23)CC1.C=S(N)(=O)NC1CCCN(c2ncnc3cc(C)c(C)cc23)CC1.Cc1cc2nc(C(F)(F)F)nc(N3CCCN(S(N)(=O)=O)CC3)c2cc1C.Cc1cc2ncnc(N3CCCN(S(N)(=O)=O)CC3)c2cc1C.Cl. The number of halogens is 4. The molecule has 11 heterocycles. The van der Waals surface area contributed by atoms with Gasteiger partial charge >= 0.3 is 13.8 Å². The molecule has 5 saturated heterocycles. The Labute approximate surface area is 880 Å². The Kier molecular flexibility index (Phi) is 41.1. The fourth-order valence-corrected chi connectivity index (χ4v) is 23.3. The fraction of sp³-hybridized carbons (Fsp3) is 0.459. The van der Waals surface area contributed by atoms with E-state index < -0.39 is 85.9 Å². The number of benzene rings is 6. The van der Waals surface area contributed by atoms with Crippen LogP contribution < -0.4 is 65.6 Å². The van der Waals surface area contributed by atoms with Gasteiger partial charge in [-0.15, -0.1) is 12.4 Å². The lowest BCUT2D eigenvalue weighted by Crippen LogP contribution is -2.39. The topological polar surface area (TPSA) is 579 Å². The summed E-state index contributed by atoms with van der Waals surface area (Å²) in [6.07, 6.45) is 11.9. The van der Waals surface area contributed by atoms with Gasteiger partial charge in [0.15, 0.2) is 6.35 Å². The zero-order valence-corrected chi connectivity index (χ0v) is 92.1. The van der Waals surface area contributed by atoms with Crippen LogP contribution in [-0.2, 0) is 70.7 Å². The number of hydrogen-bond acceptors (Lipinski definition) is 26. The molecule has 0 saturated carbocycles. The number of nitrogens with one attached hydrogen (secondary N) is 2. The Morgan fingerprint density at radius 2 is 0.805 bits per heavy atom. The minimum Gasteiger partial charge on any atom is -0.481 e. The number of hydrogen-bond donors (Lipinski definition) is 11. The van der Waals surface area contributed by atoms with Crippen molar-refractivity contribution in [2.24, 2.45) is 30.8 Å². The maximum absolute atomic E-state index is 13.3. The Bertz CT molecular complexity index is 7400. The van der Waals surface area contributed by atoms with Gasteiger partial charge in [-0.3, -0.25) is 9.97 Å². The first-order valence-corrected chi connectivity index (χ1v) is 59.9. The summed E-state index contributed by atoms with van der Waals surface area (Å²) in [6, 6.07) is 23.6. The average Bonchev–Trinajstić information content (AvgIpc) is 1.53. The van der Waals surface area contributed by atoms with Crippen molar-refractivity contribution in [3.63, 3.8) is 0 Å². The summed E-state index contributed by atoms with van der Waals surface area (Å²) < 4.78 is 161. The second kappa shape index (κ2) is 50.7. The number of anilines is 5. The predicted octanol–water partition coefficient (Wildman–Crippen LogP) is 10.3. The molecule has 51 heteroatoms. The van der Waals surface area contributed by atoms with Crippen LogP contribution in [0.1, 0.15) is 162 Å². The molecule has 6 atom stereocenters. The van der Waals surface area contributed by atoms with E-state index in [0.717, 1.165) is 188 Å². The maximum atomic E-state index is 13.3. The minimum atomic E-state index is -4.68. The number of nitrogen functional groups attached to an aromatic ring is 1. The highest BCUT2D eigenvalue weighted by Crippen LogP contribution is 2.40. The lowest BCUT2D eigenvalue weighted by atomic mass is 9.92. The van der Waals surface area contributed by atoms with Crippen LogP contribution in [0.4, 0.5) is 42.1 Å². The van der Waals surface area contributed by atoms with Crippen molar-refractivity contribution in [3.8, 4) is 5.75 Å². The second-order valence-electron chi connectivity index (χ2n) is 38.2. The van der Waals surface area contributed by atoms with Crippen molar-refractivity contribution >= 4 is 193 Å². The molecule has 0 radical (unpaired) electrons. The summed E-state index contributed by atoms with van der Waals surface area (Å²) in [4.78, 5) is 69.1. The van der Waals surface area contributed by atoms with Gasteiger partial charge in [-0.25, -0.2) is 115 Å². The molecule has 40 nitrogen and oxygen atoms in total. The Morgan fingerprint density at radius 3 is 1.28 bits per heavy atom. The number of alkyl halides is 3. The van der Waals surface area contributed by atoms with Gasteiger partial charge in [-0.2, -0.15) is 38.6 Å². The molecule has 17 rings (SSSR count). The number of aromatic nitrogens is 10. The molecule has 0 bridgehead atoms. The molecular formula is C98H143ClF3N28O12PS6. The predicted molar refractivity (Wildman–Crippen MR) is 603 cm³/mol. The molecule has 6 aliphatic heterocycles. The molecule has 0 aliphatic carbocycles. The Balaban J connectivity index is 0.000000183. The lowest BCUT2D eigenvalue weighted by molar-refractivity contribution is -0.144. The van der Waals surface area contributed by atoms with E-state index >= 15 is 0 Å². The van der Waals surface area contributed by atoms with E-state index in [1.807, 2.05) is 49.4 Å². The number of ether oxygens (including phenoxy) is 1. The first-order valence-electron chi connectivity index (χ1n) is 48.0. The van der Waals surface area contributed by atoms with Crippen molar-refractivity contribution in [2.45, 2.75) is 172 Å². The zero-order valence-electron chi connectivity index (χ0n) is 85.5.